The number of fused-ring (bicyclic) bond motifs is 1. The highest BCUT2D eigenvalue weighted by Crippen LogP contribution is 2.36. The van der Waals surface area contributed by atoms with E-state index >= 15 is 0 Å². The minimum absolute atomic E-state index is 0.191. The number of amides is 1. The predicted molar refractivity (Wildman–Crippen MR) is 92.5 cm³/mol. The summed E-state index contributed by atoms with van der Waals surface area (Å²) >= 11 is 7.27. The van der Waals surface area contributed by atoms with Gasteiger partial charge in [0.05, 0.1) is 5.02 Å². The molecule has 122 valence electrons. The number of hydrogen-bond acceptors (Lipinski definition) is 4. The van der Waals surface area contributed by atoms with Crippen molar-refractivity contribution in [1.82, 2.24) is 0 Å². The normalized spacial score (nSPS) is 10.6. The van der Waals surface area contributed by atoms with Gasteiger partial charge in [-0.2, -0.15) is 0 Å². The largest absolute Gasteiger partial charge is 0.422 e. The molecule has 7 heteroatoms. The van der Waals surface area contributed by atoms with E-state index in [1.807, 2.05) is 0 Å². The Balaban J connectivity index is 1.82. The van der Waals surface area contributed by atoms with Crippen molar-refractivity contribution < 1.29 is 18.7 Å². The Kier molecular flexibility index (Phi) is 4.51. The van der Waals surface area contributed by atoms with Crippen LogP contribution in [0.4, 0.5) is 10.1 Å². The van der Waals surface area contributed by atoms with Gasteiger partial charge < -0.3 is 10.1 Å². The van der Waals surface area contributed by atoms with Gasteiger partial charge in [0.25, 0.3) is 0 Å². The molecule has 1 amide bonds. The van der Waals surface area contributed by atoms with Crippen molar-refractivity contribution in [1.29, 1.82) is 0 Å². The fourth-order valence-corrected chi connectivity index (χ4v) is 3.54. The van der Waals surface area contributed by atoms with Crippen LogP contribution in [0.25, 0.3) is 10.1 Å². The van der Waals surface area contributed by atoms with Gasteiger partial charge in [-0.3, -0.25) is 4.79 Å². The minimum Gasteiger partial charge on any atom is -0.422 e. The lowest BCUT2D eigenvalue weighted by atomic mass is 10.2. The highest BCUT2D eigenvalue weighted by molar-refractivity contribution is 7.21. The molecule has 0 unspecified atom stereocenters. The van der Waals surface area contributed by atoms with Gasteiger partial charge >= 0.3 is 5.97 Å². The highest BCUT2D eigenvalue weighted by Gasteiger charge is 2.19. The lowest BCUT2D eigenvalue weighted by Gasteiger charge is -2.05. The van der Waals surface area contributed by atoms with Crippen LogP contribution in [-0.4, -0.2) is 11.9 Å². The number of benzene rings is 2. The molecule has 0 bridgehead atoms. The van der Waals surface area contributed by atoms with Gasteiger partial charge in [0.2, 0.25) is 5.91 Å². The average molecular weight is 364 g/mol. The van der Waals surface area contributed by atoms with Crippen LogP contribution in [-0.2, 0) is 4.79 Å². The molecule has 2 aromatic carbocycles. The van der Waals surface area contributed by atoms with E-state index in [1.165, 1.54) is 25.1 Å². The smallest absolute Gasteiger partial charge is 0.355 e. The van der Waals surface area contributed by atoms with Gasteiger partial charge in [-0.05, 0) is 42.5 Å². The fraction of sp³-hybridized carbons (Fsp3) is 0.0588. The lowest BCUT2D eigenvalue weighted by Crippen LogP contribution is -2.08. The number of nitrogens with one attached hydrogen (secondary N) is 1. The molecule has 0 spiro atoms. The summed E-state index contributed by atoms with van der Waals surface area (Å²) in [5, 5.41) is 3.47. The Morgan fingerprint density at radius 3 is 2.54 bits per heavy atom. The molecule has 0 aliphatic rings. The maximum atomic E-state index is 13.3. The third-order valence-corrected chi connectivity index (χ3v) is 4.80. The Hall–Kier alpha value is -2.44. The van der Waals surface area contributed by atoms with E-state index in [1.54, 1.807) is 24.3 Å². The molecule has 0 radical (unpaired) electrons. The minimum atomic E-state index is -0.617. The Bertz CT molecular complexity index is 937. The maximum Gasteiger partial charge on any atom is 0.355 e. The zero-order valence-electron chi connectivity index (χ0n) is 12.4. The molecule has 3 rings (SSSR count). The number of anilines is 1. The van der Waals surface area contributed by atoms with Crippen LogP contribution < -0.4 is 10.1 Å². The third-order valence-electron chi connectivity index (χ3n) is 3.16. The molecule has 0 atom stereocenters. The quantitative estimate of drug-likeness (QED) is 0.533. The summed E-state index contributed by atoms with van der Waals surface area (Å²) < 4.78 is 19.1. The van der Waals surface area contributed by atoms with Crippen molar-refractivity contribution in [2.24, 2.45) is 0 Å². The topological polar surface area (TPSA) is 55.4 Å². The summed E-state index contributed by atoms with van der Waals surface area (Å²) in [5.41, 5.74) is 0.595. The number of carbonyl (C=O) groups excluding carboxylic acids is 2. The number of ether oxygens (including phenoxy) is 1. The predicted octanol–water partition coefficient (Wildman–Crippen LogP) is 4.87. The van der Waals surface area contributed by atoms with Crippen LogP contribution >= 0.6 is 22.9 Å². The Morgan fingerprint density at radius 1 is 1.17 bits per heavy atom. The molecule has 3 aromatic rings. The second kappa shape index (κ2) is 6.59. The van der Waals surface area contributed by atoms with Crippen LogP contribution in [0.15, 0.2) is 42.5 Å². The number of halogens is 2. The van der Waals surface area contributed by atoms with E-state index in [9.17, 15) is 14.0 Å². The van der Waals surface area contributed by atoms with Crippen LogP contribution in [0.5, 0.6) is 5.75 Å². The van der Waals surface area contributed by atoms with E-state index in [2.05, 4.69) is 5.32 Å². The van der Waals surface area contributed by atoms with E-state index in [0.717, 1.165) is 11.3 Å². The van der Waals surface area contributed by atoms with Gasteiger partial charge in [0.15, 0.2) is 0 Å². The van der Waals surface area contributed by atoms with Crippen molar-refractivity contribution in [3.63, 3.8) is 0 Å². The first-order valence-corrected chi connectivity index (χ1v) is 8.11. The van der Waals surface area contributed by atoms with Crippen LogP contribution in [0.2, 0.25) is 5.02 Å². The maximum absolute atomic E-state index is 13.3. The van der Waals surface area contributed by atoms with Gasteiger partial charge in [-0.1, -0.05) is 11.6 Å². The SMILES string of the molecule is CC(=O)Nc1ccc(OC(=O)c2sc3cc(F)ccc3c2Cl)cc1. The van der Waals surface area contributed by atoms with E-state index in [-0.39, 0.29) is 15.8 Å². The number of rotatable bonds is 3. The average Bonchev–Trinajstić information content (AvgIpc) is 2.85. The van der Waals surface area contributed by atoms with Crippen LogP contribution in [0, 0.1) is 5.82 Å². The zero-order chi connectivity index (χ0) is 17.3. The van der Waals surface area contributed by atoms with Crippen molar-refractivity contribution in [3.8, 4) is 5.75 Å². The molecule has 0 saturated heterocycles. The number of carbonyl (C=O) groups is 2. The molecule has 0 fully saturated rings. The highest BCUT2D eigenvalue weighted by atomic mass is 35.5. The zero-order valence-corrected chi connectivity index (χ0v) is 14.0. The molecule has 1 aromatic heterocycles. The molecule has 24 heavy (non-hydrogen) atoms. The summed E-state index contributed by atoms with van der Waals surface area (Å²) in [4.78, 5) is 23.5. The summed E-state index contributed by atoms with van der Waals surface area (Å²) in [7, 11) is 0. The monoisotopic (exact) mass is 363 g/mol. The summed E-state index contributed by atoms with van der Waals surface area (Å²) in [6.45, 7) is 1.40. The third kappa shape index (κ3) is 3.39. The fourth-order valence-electron chi connectivity index (χ4n) is 2.13. The van der Waals surface area contributed by atoms with Crippen molar-refractivity contribution in [3.05, 3.63) is 58.2 Å². The molecule has 0 aliphatic heterocycles. The van der Waals surface area contributed by atoms with Gasteiger partial charge in [0.1, 0.15) is 16.4 Å². The van der Waals surface area contributed by atoms with Crippen LogP contribution in [0.3, 0.4) is 0 Å². The standard InChI is InChI=1S/C17H11ClFNO3S/c1-9(21)20-11-3-5-12(6-4-11)23-17(22)16-15(18)13-7-2-10(19)8-14(13)24-16/h2-8H,1H3,(H,20,21). The van der Waals surface area contributed by atoms with E-state index < -0.39 is 11.8 Å². The molecular weight excluding hydrogens is 353 g/mol. The van der Waals surface area contributed by atoms with Crippen molar-refractivity contribution >= 4 is 50.6 Å². The van der Waals surface area contributed by atoms with Crippen molar-refractivity contribution in [2.75, 3.05) is 5.32 Å². The summed E-state index contributed by atoms with van der Waals surface area (Å²) in [6, 6.07) is 10.5. The second-order valence-electron chi connectivity index (χ2n) is 4.98. The molecule has 0 saturated carbocycles. The Morgan fingerprint density at radius 2 is 1.88 bits per heavy atom. The lowest BCUT2D eigenvalue weighted by molar-refractivity contribution is -0.114. The van der Waals surface area contributed by atoms with E-state index in [0.29, 0.717) is 21.5 Å². The Labute approximate surface area is 145 Å². The first-order chi connectivity index (χ1) is 11.4. The molecule has 1 N–H and O–H groups in total. The first-order valence-electron chi connectivity index (χ1n) is 6.91. The molecule has 0 aliphatic carbocycles. The second-order valence-corrected chi connectivity index (χ2v) is 6.41. The number of thiophene rings is 1. The first kappa shape index (κ1) is 16.4. The number of hydrogen-bond donors (Lipinski definition) is 1. The summed E-state index contributed by atoms with van der Waals surface area (Å²) in [5.74, 6) is -0.888. The van der Waals surface area contributed by atoms with Gasteiger partial charge in [-0.25, -0.2) is 9.18 Å². The van der Waals surface area contributed by atoms with Gasteiger partial charge in [-0.15, -0.1) is 11.3 Å². The van der Waals surface area contributed by atoms with Crippen molar-refractivity contribution in [2.45, 2.75) is 6.92 Å². The summed E-state index contributed by atoms with van der Waals surface area (Å²) in [6.07, 6.45) is 0. The number of esters is 1. The van der Waals surface area contributed by atoms with Crippen LogP contribution in [0.1, 0.15) is 16.6 Å². The molecule has 1 heterocycles. The molecule has 4 nitrogen and oxygen atoms in total. The molecular formula is C17H11ClFNO3S. The van der Waals surface area contributed by atoms with E-state index in [4.69, 9.17) is 16.3 Å². The van der Waals surface area contributed by atoms with Gasteiger partial charge in [0, 0.05) is 22.7 Å².